The third kappa shape index (κ3) is 3.99. The van der Waals surface area contributed by atoms with Gasteiger partial charge in [-0.25, -0.2) is 4.99 Å². The van der Waals surface area contributed by atoms with Gasteiger partial charge in [-0.3, -0.25) is 4.98 Å². The van der Waals surface area contributed by atoms with E-state index in [4.69, 9.17) is 12.2 Å². The van der Waals surface area contributed by atoms with Crippen LogP contribution in [-0.4, -0.2) is 21.2 Å². The molecule has 5 heteroatoms. The second kappa shape index (κ2) is 6.96. The van der Waals surface area contributed by atoms with E-state index in [9.17, 15) is 0 Å². The third-order valence-corrected chi connectivity index (χ3v) is 3.02. The van der Waals surface area contributed by atoms with E-state index in [0.717, 1.165) is 29.8 Å². The van der Waals surface area contributed by atoms with Gasteiger partial charge in [-0.05, 0) is 49.8 Å². The van der Waals surface area contributed by atoms with Gasteiger partial charge in [0.2, 0.25) is 0 Å². The summed E-state index contributed by atoms with van der Waals surface area (Å²) in [4.78, 5) is 8.74. The van der Waals surface area contributed by atoms with Gasteiger partial charge in [0, 0.05) is 24.6 Å². The van der Waals surface area contributed by atoms with Gasteiger partial charge in [-0.1, -0.05) is 12.1 Å². The van der Waals surface area contributed by atoms with E-state index in [0.29, 0.717) is 5.11 Å². The number of aryl methyl sites for hydroxylation is 1. The molecular weight excluding hydrogens is 268 g/mol. The van der Waals surface area contributed by atoms with Crippen LogP contribution in [0.15, 0.2) is 47.7 Å². The highest BCUT2D eigenvalue weighted by atomic mass is 32.1. The maximum absolute atomic E-state index is 5.17. The van der Waals surface area contributed by atoms with Gasteiger partial charge in [0.15, 0.2) is 5.11 Å². The number of pyridine rings is 2. The molecule has 20 heavy (non-hydrogen) atoms. The van der Waals surface area contributed by atoms with E-state index in [1.807, 2.05) is 50.5 Å². The molecule has 2 aromatic heterocycles. The zero-order chi connectivity index (χ0) is 14.4. The molecule has 0 atom stereocenters. The molecule has 0 saturated carbocycles. The van der Waals surface area contributed by atoms with Gasteiger partial charge in [0.05, 0.1) is 6.54 Å². The van der Waals surface area contributed by atoms with E-state index in [1.54, 1.807) is 0 Å². The largest absolute Gasteiger partial charge is 0.361 e. The first-order valence-electron chi connectivity index (χ1n) is 6.58. The molecular formula is C15H18N4S. The van der Waals surface area contributed by atoms with Gasteiger partial charge in [-0.15, -0.1) is 0 Å². The molecule has 0 aliphatic rings. The number of nitrogens with one attached hydrogen (secondary N) is 1. The molecule has 0 fully saturated rings. The Balaban J connectivity index is 2.28. The molecule has 1 N–H and O–H groups in total. The Hall–Kier alpha value is -2.01. The Morgan fingerprint density at radius 3 is 2.90 bits per heavy atom. The van der Waals surface area contributed by atoms with Crippen LogP contribution in [0.2, 0.25) is 0 Å². The Bertz CT molecular complexity index is 643. The molecule has 0 aliphatic carbocycles. The zero-order valence-electron chi connectivity index (χ0n) is 11.7. The van der Waals surface area contributed by atoms with Crippen LogP contribution in [-0.2, 0) is 6.54 Å². The lowest BCUT2D eigenvalue weighted by Crippen LogP contribution is -2.26. The Kier molecular flexibility index (Phi) is 5.01. The molecule has 0 bridgehead atoms. The molecule has 2 heterocycles. The van der Waals surface area contributed by atoms with Gasteiger partial charge < -0.3 is 9.88 Å². The van der Waals surface area contributed by atoms with E-state index in [-0.39, 0.29) is 0 Å². The molecule has 104 valence electrons. The lowest BCUT2D eigenvalue weighted by molar-refractivity contribution is 0.740. The summed E-state index contributed by atoms with van der Waals surface area (Å²) in [5, 5.41) is 3.54. The summed E-state index contributed by atoms with van der Waals surface area (Å²) in [6, 6.07) is 9.98. The summed E-state index contributed by atoms with van der Waals surface area (Å²) in [5.41, 5.74) is 2.99. The van der Waals surface area contributed by atoms with Crippen LogP contribution < -0.4 is 10.8 Å². The first-order valence-corrected chi connectivity index (χ1v) is 6.99. The summed E-state index contributed by atoms with van der Waals surface area (Å²) in [6.07, 6.45) is 3.88. The fourth-order valence-electron chi connectivity index (χ4n) is 1.79. The molecule has 0 radical (unpaired) electrons. The highest BCUT2D eigenvalue weighted by molar-refractivity contribution is 7.80. The Morgan fingerprint density at radius 1 is 1.35 bits per heavy atom. The standard InChI is InChI=1S/C15H18N4S/c1-3-16-15(20)18-14-6-4-5-9-19(14)11-13-8-7-12(2)17-10-13/h4-10H,3,11H2,1-2H3,(H,16,20)/b18-14+. The van der Waals surface area contributed by atoms with Crippen molar-refractivity contribution in [1.29, 1.82) is 0 Å². The lowest BCUT2D eigenvalue weighted by atomic mass is 10.2. The fraction of sp³-hybridized carbons (Fsp3) is 0.267. The normalized spacial score (nSPS) is 11.4. The van der Waals surface area contributed by atoms with Crippen LogP contribution in [0, 0.1) is 6.92 Å². The molecule has 0 saturated heterocycles. The summed E-state index contributed by atoms with van der Waals surface area (Å²) < 4.78 is 2.05. The second-order valence-electron chi connectivity index (χ2n) is 4.44. The zero-order valence-corrected chi connectivity index (χ0v) is 12.5. The topological polar surface area (TPSA) is 42.2 Å². The van der Waals surface area contributed by atoms with Crippen molar-refractivity contribution >= 4 is 17.3 Å². The minimum absolute atomic E-state index is 0.509. The summed E-state index contributed by atoms with van der Waals surface area (Å²) in [6.45, 7) is 5.48. The maximum Gasteiger partial charge on any atom is 0.194 e. The van der Waals surface area contributed by atoms with Gasteiger partial charge in [0.1, 0.15) is 5.49 Å². The van der Waals surface area contributed by atoms with Crippen molar-refractivity contribution in [2.75, 3.05) is 6.54 Å². The first-order chi connectivity index (χ1) is 9.69. The first kappa shape index (κ1) is 14.4. The van der Waals surface area contributed by atoms with Crippen molar-refractivity contribution < 1.29 is 0 Å². The number of aromatic nitrogens is 2. The average molecular weight is 286 g/mol. The van der Waals surface area contributed by atoms with Crippen LogP contribution in [0.5, 0.6) is 0 Å². The Morgan fingerprint density at radius 2 is 2.20 bits per heavy atom. The fourth-order valence-corrected chi connectivity index (χ4v) is 2.02. The van der Waals surface area contributed by atoms with E-state index >= 15 is 0 Å². The monoisotopic (exact) mass is 286 g/mol. The average Bonchev–Trinajstić information content (AvgIpc) is 2.44. The van der Waals surface area contributed by atoms with Crippen LogP contribution in [0.3, 0.4) is 0 Å². The highest BCUT2D eigenvalue weighted by Gasteiger charge is 1.98. The third-order valence-electron chi connectivity index (χ3n) is 2.79. The van der Waals surface area contributed by atoms with Crippen molar-refractivity contribution in [1.82, 2.24) is 14.9 Å². The molecule has 0 spiro atoms. The SMILES string of the molecule is CCNC(=S)/N=c1\ccccn1Cc1ccc(C)nc1. The van der Waals surface area contributed by atoms with Crippen LogP contribution in [0.25, 0.3) is 0 Å². The molecule has 0 aliphatic heterocycles. The van der Waals surface area contributed by atoms with Gasteiger partial charge in [-0.2, -0.15) is 0 Å². The van der Waals surface area contributed by atoms with Crippen molar-refractivity contribution in [3.63, 3.8) is 0 Å². The number of hydrogen-bond donors (Lipinski definition) is 1. The number of thiocarbonyl (C=S) groups is 1. The van der Waals surface area contributed by atoms with Crippen LogP contribution in [0.4, 0.5) is 0 Å². The number of nitrogens with zero attached hydrogens (tertiary/aromatic N) is 3. The van der Waals surface area contributed by atoms with Crippen LogP contribution in [0.1, 0.15) is 18.2 Å². The maximum atomic E-state index is 5.17. The predicted molar refractivity (Wildman–Crippen MR) is 84.3 cm³/mol. The second-order valence-corrected chi connectivity index (χ2v) is 4.83. The quantitative estimate of drug-likeness (QED) is 0.878. The number of hydrogen-bond acceptors (Lipinski definition) is 2. The molecule has 4 nitrogen and oxygen atoms in total. The van der Waals surface area contributed by atoms with Crippen molar-refractivity contribution in [2.45, 2.75) is 20.4 Å². The van der Waals surface area contributed by atoms with Crippen molar-refractivity contribution in [3.05, 3.63) is 59.5 Å². The Labute approximate surface area is 124 Å². The smallest absolute Gasteiger partial charge is 0.194 e. The summed E-state index contributed by atoms with van der Waals surface area (Å²) in [5.74, 6) is 0. The van der Waals surface area contributed by atoms with E-state index < -0.39 is 0 Å². The molecule has 0 amide bonds. The van der Waals surface area contributed by atoms with Gasteiger partial charge >= 0.3 is 0 Å². The minimum Gasteiger partial charge on any atom is -0.361 e. The lowest BCUT2D eigenvalue weighted by Gasteiger charge is -2.08. The van der Waals surface area contributed by atoms with Crippen LogP contribution >= 0.6 is 12.2 Å². The van der Waals surface area contributed by atoms with E-state index in [1.165, 1.54) is 0 Å². The van der Waals surface area contributed by atoms with E-state index in [2.05, 4.69) is 25.9 Å². The summed E-state index contributed by atoms with van der Waals surface area (Å²) >= 11 is 5.17. The molecule has 2 rings (SSSR count). The van der Waals surface area contributed by atoms with Crippen molar-refractivity contribution in [3.8, 4) is 0 Å². The number of rotatable bonds is 3. The molecule has 2 aromatic rings. The molecule has 0 aromatic carbocycles. The van der Waals surface area contributed by atoms with Crippen molar-refractivity contribution in [2.24, 2.45) is 4.99 Å². The highest BCUT2D eigenvalue weighted by Crippen LogP contribution is 2.01. The van der Waals surface area contributed by atoms with Gasteiger partial charge in [0.25, 0.3) is 0 Å². The minimum atomic E-state index is 0.509. The molecule has 0 unspecified atom stereocenters. The summed E-state index contributed by atoms with van der Waals surface area (Å²) in [7, 11) is 0. The predicted octanol–water partition coefficient (Wildman–Crippen LogP) is 2.03.